The second kappa shape index (κ2) is 4.23. The van der Waals surface area contributed by atoms with Crippen LogP contribution in [0.1, 0.15) is 11.1 Å². The monoisotopic (exact) mass is 199 g/mol. The summed E-state index contributed by atoms with van der Waals surface area (Å²) in [6, 6.07) is 5.20. The Kier molecular flexibility index (Phi) is 3.25. The summed E-state index contributed by atoms with van der Waals surface area (Å²) >= 11 is 5.54. The van der Waals surface area contributed by atoms with E-state index in [4.69, 9.17) is 11.6 Å². The van der Waals surface area contributed by atoms with E-state index in [2.05, 4.69) is 0 Å². The van der Waals surface area contributed by atoms with E-state index in [1.807, 2.05) is 6.07 Å². The van der Waals surface area contributed by atoms with Crippen LogP contribution in [0, 0.1) is 17.0 Å². The highest BCUT2D eigenvalue weighted by atomic mass is 35.5. The Bertz CT molecular complexity index is 325. The summed E-state index contributed by atoms with van der Waals surface area (Å²) in [6.07, 6.45) is 0.669. The Balaban J connectivity index is 3.04. The Morgan fingerprint density at radius 1 is 1.54 bits per heavy atom. The molecule has 1 rings (SSSR count). The first-order valence-corrected chi connectivity index (χ1v) is 4.48. The number of alkyl halides is 1. The zero-order chi connectivity index (χ0) is 9.84. The molecule has 0 spiro atoms. The minimum atomic E-state index is -0.368. The van der Waals surface area contributed by atoms with E-state index < -0.39 is 0 Å². The van der Waals surface area contributed by atoms with E-state index in [0.717, 1.165) is 5.56 Å². The van der Waals surface area contributed by atoms with Crippen molar-refractivity contribution in [3.05, 3.63) is 39.4 Å². The quantitative estimate of drug-likeness (QED) is 0.427. The zero-order valence-electron chi connectivity index (χ0n) is 7.29. The minimum absolute atomic E-state index is 0.169. The molecule has 0 atom stereocenters. The normalized spacial score (nSPS) is 10.0. The van der Waals surface area contributed by atoms with Crippen LogP contribution < -0.4 is 0 Å². The number of nitrogens with zero attached hydrogens (tertiary/aromatic N) is 1. The summed E-state index contributed by atoms with van der Waals surface area (Å²) in [5.74, 6) is 0.486. The molecule has 0 amide bonds. The number of benzene rings is 1. The highest BCUT2D eigenvalue weighted by Gasteiger charge is 2.10. The number of rotatable bonds is 3. The fourth-order valence-corrected chi connectivity index (χ4v) is 1.33. The summed E-state index contributed by atoms with van der Waals surface area (Å²) in [6.45, 7) is 1.72. The van der Waals surface area contributed by atoms with Gasteiger partial charge in [-0.15, -0.1) is 11.6 Å². The van der Waals surface area contributed by atoms with Crippen LogP contribution in [0.15, 0.2) is 18.2 Å². The highest BCUT2D eigenvalue weighted by Crippen LogP contribution is 2.19. The second-order valence-electron chi connectivity index (χ2n) is 2.82. The lowest BCUT2D eigenvalue weighted by molar-refractivity contribution is -0.385. The maximum atomic E-state index is 10.6. The molecule has 0 unspecified atom stereocenters. The van der Waals surface area contributed by atoms with Gasteiger partial charge in [0.1, 0.15) is 0 Å². The van der Waals surface area contributed by atoms with Gasteiger partial charge in [-0.1, -0.05) is 12.1 Å². The van der Waals surface area contributed by atoms with Crippen LogP contribution in [-0.4, -0.2) is 10.8 Å². The van der Waals surface area contributed by atoms with Crippen LogP contribution in [-0.2, 0) is 6.42 Å². The fourth-order valence-electron chi connectivity index (χ4n) is 1.12. The number of hydrogen-bond donors (Lipinski definition) is 0. The first-order valence-electron chi connectivity index (χ1n) is 3.95. The van der Waals surface area contributed by atoms with Crippen molar-refractivity contribution >= 4 is 17.3 Å². The lowest BCUT2D eigenvalue weighted by Gasteiger charge is -2.00. The van der Waals surface area contributed by atoms with Gasteiger partial charge < -0.3 is 0 Å². The van der Waals surface area contributed by atoms with E-state index in [0.29, 0.717) is 17.9 Å². The van der Waals surface area contributed by atoms with Crippen LogP contribution >= 0.6 is 11.6 Å². The molecule has 0 saturated carbocycles. The summed E-state index contributed by atoms with van der Waals surface area (Å²) in [4.78, 5) is 10.2. The molecule has 0 heterocycles. The van der Waals surface area contributed by atoms with Crippen LogP contribution in [0.5, 0.6) is 0 Å². The standard InChI is InChI=1S/C9H10ClNO2/c1-7-2-3-8(4-5-10)6-9(7)11(12)13/h2-3,6H,4-5H2,1H3. The molecule has 70 valence electrons. The molecule has 0 N–H and O–H groups in total. The Hall–Kier alpha value is -1.09. The van der Waals surface area contributed by atoms with E-state index in [1.165, 1.54) is 0 Å². The van der Waals surface area contributed by atoms with E-state index >= 15 is 0 Å². The minimum Gasteiger partial charge on any atom is -0.258 e. The van der Waals surface area contributed by atoms with Crippen molar-refractivity contribution in [1.82, 2.24) is 0 Å². The molecule has 0 saturated heterocycles. The molecule has 0 aromatic heterocycles. The van der Waals surface area contributed by atoms with E-state index in [-0.39, 0.29) is 10.6 Å². The highest BCUT2D eigenvalue weighted by molar-refractivity contribution is 6.17. The molecule has 0 aliphatic heterocycles. The Morgan fingerprint density at radius 3 is 2.77 bits per heavy atom. The molecular formula is C9H10ClNO2. The smallest absolute Gasteiger partial charge is 0.258 e. The number of halogens is 1. The summed E-state index contributed by atoms with van der Waals surface area (Å²) in [5.41, 5.74) is 1.76. The topological polar surface area (TPSA) is 43.1 Å². The molecule has 3 nitrogen and oxygen atoms in total. The molecule has 0 aliphatic carbocycles. The summed E-state index contributed by atoms with van der Waals surface area (Å²) in [7, 11) is 0. The maximum absolute atomic E-state index is 10.6. The molecule has 4 heteroatoms. The van der Waals surface area contributed by atoms with Gasteiger partial charge >= 0.3 is 0 Å². The van der Waals surface area contributed by atoms with Gasteiger partial charge in [-0.05, 0) is 18.9 Å². The van der Waals surface area contributed by atoms with Crippen LogP contribution in [0.25, 0.3) is 0 Å². The number of aryl methyl sites for hydroxylation is 2. The van der Waals surface area contributed by atoms with Crippen LogP contribution in [0.2, 0.25) is 0 Å². The molecule has 13 heavy (non-hydrogen) atoms. The van der Waals surface area contributed by atoms with Gasteiger partial charge in [0.25, 0.3) is 5.69 Å². The predicted octanol–water partition coefficient (Wildman–Crippen LogP) is 2.68. The van der Waals surface area contributed by atoms with Crippen molar-refractivity contribution < 1.29 is 4.92 Å². The summed E-state index contributed by atoms with van der Waals surface area (Å²) in [5, 5.41) is 10.6. The van der Waals surface area contributed by atoms with Gasteiger partial charge in [-0.3, -0.25) is 10.1 Å². The average molecular weight is 200 g/mol. The van der Waals surface area contributed by atoms with Crippen molar-refractivity contribution in [2.45, 2.75) is 13.3 Å². The predicted molar refractivity (Wildman–Crippen MR) is 52.3 cm³/mol. The third-order valence-corrected chi connectivity index (χ3v) is 2.04. The molecule has 0 radical (unpaired) electrons. The van der Waals surface area contributed by atoms with Gasteiger partial charge in [-0.2, -0.15) is 0 Å². The molecule has 0 bridgehead atoms. The van der Waals surface area contributed by atoms with Crippen molar-refractivity contribution in [3.63, 3.8) is 0 Å². The van der Waals surface area contributed by atoms with Crippen LogP contribution in [0.3, 0.4) is 0 Å². The van der Waals surface area contributed by atoms with Crippen molar-refractivity contribution in [1.29, 1.82) is 0 Å². The second-order valence-corrected chi connectivity index (χ2v) is 3.19. The molecule has 0 fully saturated rings. The lowest BCUT2D eigenvalue weighted by Crippen LogP contribution is -1.94. The molecule has 1 aromatic carbocycles. The lowest BCUT2D eigenvalue weighted by atomic mass is 10.1. The summed E-state index contributed by atoms with van der Waals surface area (Å²) < 4.78 is 0. The van der Waals surface area contributed by atoms with Gasteiger partial charge in [0.2, 0.25) is 0 Å². The van der Waals surface area contributed by atoms with Gasteiger partial charge in [-0.25, -0.2) is 0 Å². The largest absolute Gasteiger partial charge is 0.272 e. The Morgan fingerprint density at radius 2 is 2.23 bits per heavy atom. The first-order chi connectivity index (χ1) is 6.15. The van der Waals surface area contributed by atoms with Crippen molar-refractivity contribution in [3.8, 4) is 0 Å². The number of nitro benzene ring substituents is 1. The van der Waals surface area contributed by atoms with Crippen molar-refractivity contribution in [2.24, 2.45) is 0 Å². The van der Waals surface area contributed by atoms with Gasteiger partial charge in [0, 0.05) is 17.5 Å². The number of nitro groups is 1. The molecular weight excluding hydrogens is 190 g/mol. The fraction of sp³-hybridized carbons (Fsp3) is 0.333. The third-order valence-electron chi connectivity index (χ3n) is 1.85. The maximum Gasteiger partial charge on any atom is 0.272 e. The van der Waals surface area contributed by atoms with Crippen molar-refractivity contribution in [2.75, 3.05) is 5.88 Å². The zero-order valence-corrected chi connectivity index (χ0v) is 8.04. The number of hydrogen-bond acceptors (Lipinski definition) is 2. The molecule has 0 aliphatic rings. The van der Waals surface area contributed by atoms with Gasteiger partial charge in [0.15, 0.2) is 0 Å². The first kappa shape index (κ1) is 9.99. The SMILES string of the molecule is Cc1ccc(CCCl)cc1[N+](=O)[O-]. The van der Waals surface area contributed by atoms with E-state index in [1.54, 1.807) is 19.1 Å². The average Bonchev–Trinajstić information content (AvgIpc) is 2.08. The van der Waals surface area contributed by atoms with Crippen LogP contribution in [0.4, 0.5) is 5.69 Å². The Labute approximate surface area is 81.5 Å². The molecule has 1 aromatic rings. The van der Waals surface area contributed by atoms with Gasteiger partial charge in [0.05, 0.1) is 4.92 Å². The third kappa shape index (κ3) is 2.42. The van der Waals surface area contributed by atoms with E-state index in [9.17, 15) is 10.1 Å².